The molecule has 0 aliphatic rings. The zero-order chi connectivity index (χ0) is 11.4. The molecule has 0 aliphatic carbocycles. The summed E-state index contributed by atoms with van der Waals surface area (Å²) in [5.41, 5.74) is 2.71. The van der Waals surface area contributed by atoms with Gasteiger partial charge in [-0.15, -0.1) is 0 Å². The molecule has 1 aromatic heterocycles. The minimum absolute atomic E-state index is 0.0784. The van der Waals surface area contributed by atoms with E-state index < -0.39 is 0 Å². The normalized spacial score (nSPS) is 10.1. The van der Waals surface area contributed by atoms with E-state index in [1.54, 1.807) is 12.3 Å². The van der Waals surface area contributed by atoms with Crippen molar-refractivity contribution in [1.82, 2.24) is 9.97 Å². The van der Waals surface area contributed by atoms with Gasteiger partial charge >= 0.3 is 0 Å². The van der Waals surface area contributed by atoms with Crippen molar-refractivity contribution >= 4 is 11.6 Å². The van der Waals surface area contributed by atoms with Crippen molar-refractivity contribution in [3.8, 4) is 0 Å². The third-order valence-electron chi connectivity index (χ3n) is 2.15. The second-order valence-corrected chi connectivity index (χ2v) is 3.52. The van der Waals surface area contributed by atoms with E-state index in [1.807, 2.05) is 31.2 Å². The lowest BCUT2D eigenvalue weighted by molar-refractivity contribution is 0.277. The van der Waals surface area contributed by atoms with Gasteiger partial charge in [0.2, 0.25) is 5.95 Å². The van der Waals surface area contributed by atoms with Gasteiger partial charge in [0, 0.05) is 11.9 Å². The van der Waals surface area contributed by atoms with Crippen LogP contribution in [0.25, 0.3) is 0 Å². The van der Waals surface area contributed by atoms with Crippen molar-refractivity contribution < 1.29 is 5.11 Å². The molecule has 0 fully saturated rings. The molecule has 4 heteroatoms. The number of aliphatic hydroxyl groups is 1. The zero-order valence-corrected chi connectivity index (χ0v) is 9.01. The summed E-state index contributed by atoms with van der Waals surface area (Å²) in [5.74, 6) is 0.497. The summed E-state index contributed by atoms with van der Waals surface area (Å²) in [7, 11) is 0. The van der Waals surface area contributed by atoms with Gasteiger partial charge in [-0.25, -0.2) is 9.97 Å². The Bertz CT molecular complexity index is 485. The summed E-state index contributed by atoms with van der Waals surface area (Å²) >= 11 is 0. The highest BCUT2D eigenvalue weighted by atomic mass is 16.3. The van der Waals surface area contributed by atoms with Crippen molar-refractivity contribution in [2.45, 2.75) is 13.5 Å². The minimum atomic E-state index is -0.0784. The molecule has 0 spiro atoms. The Balaban J connectivity index is 2.20. The summed E-state index contributed by atoms with van der Waals surface area (Å²) in [6, 6.07) is 9.63. The van der Waals surface area contributed by atoms with Gasteiger partial charge < -0.3 is 10.4 Å². The maximum absolute atomic E-state index is 8.95. The standard InChI is InChI=1S/C12H13N3O/c1-9-3-2-4-10(7-9)14-12-13-6-5-11(8-16)15-12/h2-7,16H,8H2,1H3,(H,13,14,15). The Kier molecular flexibility index (Phi) is 3.12. The molecule has 2 N–H and O–H groups in total. The van der Waals surface area contributed by atoms with Gasteiger partial charge in [-0.05, 0) is 30.7 Å². The third kappa shape index (κ3) is 2.55. The van der Waals surface area contributed by atoms with Gasteiger partial charge in [-0.1, -0.05) is 12.1 Å². The Morgan fingerprint density at radius 1 is 1.31 bits per heavy atom. The number of aliphatic hydroxyl groups excluding tert-OH is 1. The van der Waals surface area contributed by atoms with Crippen LogP contribution >= 0.6 is 0 Å². The van der Waals surface area contributed by atoms with E-state index in [4.69, 9.17) is 5.11 Å². The molecule has 0 unspecified atom stereocenters. The Hall–Kier alpha value is -1.94. The number of aryl methyl sites for hydroxylation is 1. The maximum atomic E-state index is 8.95. The lowest BCUT2D eigenvalue weighted by Gasteiger charge is -2.05. The fraction of sp³-hybridized carbons (Fsp3) is 0.167. The molecule has 0 radical (unpaired) electrons. The largest absolute Gasteiger partial charge is 0.390 e. The highest BCUT2D eigenvalue weighted by Crippen LogP contribution is 2.14. The van der Waals surface area contributed by atoms with Gasteiger partial charge in [0.15, 0.2) is 0 Å². The molecule has 16 heavy (non-hydrogen) atoms. The van der Waals surface area contributed by atoms with Gasteiger partial charge in [0.1, 0.15) is 0 Å². The van der Waals surface area contributed by atoms with Crippen LogP contribution in [0.3, 0.4) is 0 Å². The summed E-state index contributed by atoms with van der Waals surface area (Å²) in [5, 5.41) is 12.0. The number of benzene rings is 1. The fourth-order valence-electron chi connectivity index (χ4n) is 1.40. The number of hydrogen-bond donors (Lipinski definition) is 2. The minimum Gasteiger partial charge on any atom is -0.390 e. The third-order valence-corrected chi connectivity index (χ3v) is 2.15. The average Bonchev–Trinajstić information content (AvgIpc) is 2.29. The first kappa shape index (κ1) is 10.6. The van der Waals surface area contributed by atoms with E-state index in [2.05, 4.69) is 15.3 Å². The molecule has 0 saturated heterocycles. The van der Waals surface area contributed by atoms with Crippen molar-refractivity contribution in [1.29, 1.82) is 0 Å². The van der Waals surface area contributed by atoms with Crippen LogP contribution in [-0.4, -0.2) is 15.1 Å². The second-order valence-electron chi connectivity index (χ2n) is 3.52. The molecule has 82 valence electrons. The number of nitrogens with one attached hydrogen (secondary N) is 1. The molecule has 0 atom stereocenters. The molecular formula is C12H13N3O. The van der Waals surface area contributed by atoms with E-state index in [9.17, 15) is 0 Å². The van der Waals surface area contributed by atoms with E-state index in [0.717, 1.165) is 5.69 Å². The van der Waals surface area contributed by atoms with Crippen LogP contribution in [0.1, 0.15) is 11.3 Å². The highest BCUT2D eigenvalue weighted by molar-refractivity contribution is 5.54. The average molecular weight is 215 g/mol. The molecule has 2 rings (SSSR count). The van der Waals surface area contributed by atoms with Gasteiger partial charge in [0.25, 0.3) is 0 Å². The Labute approximate surface area is 94.0 Å². The van der Waals surface area contributed by atoms with Crippen molar-refractivity contribution in [2.75, 3.05) is 5.32 Å². The van der Waals surface area contributed by atoms with Gasteiger partial charge in [0.05, 0.1) is 12.3 Å². The van der Waals surface area contributed by atoms with E-state index in [-0.39, 0.29) is 6.61 Å². The molecule has 0 aliphatic heterocycles. The summed E-state index contributed by atoms with van der Waals surface area (Å²) in [6.07, 6.45) is 1.62. The van der Waals surface area contributed by atoms with Crippen LogP contribution in [0, 0.1) is 6.92 Å². The lowest BCUT2D eigenvalue weighted by atomic mass is 10.2. The van der Waals surface area contributed by atoms with Gasteiger partial charge in [-0.3, -0.25) is 0 Å². The SMILES string of the molecule is Cc1cccc(Nc2nccc(CO)n2)c1. The molecule has 4 nitrogen and oxygen atoms in total. The predicted octanol–water partition coefficient (Wildman–Crippen LogP) is 2.02. The fourth-order valence-corrected chi connectivity index (χ4v) is 1.40. The van der Waals surface area contributed by atoms with Crippen molar-refractivity contribution in [2.24, 2.45) is 0 Å². The predicted molar refractivity (Wildman–Crippen MR) is 62.4 cm³/mol. The molecule has 1 heterocycles. The topological polar surface area (TPSA) is 58.0 Å². The maximum Gasteiger partial charge on any atom is 0.227 e. The van der Waals surface area contributed by atoms with Crippen LogP contribution < -0.4 is 5.32 Å². The van der Waals surface area contributed by atoms with Crippen LogP contribution in [0.5, 0.6) is 0 Å². The van der Waals surface area contributed by atoms with E-state index in [1.165, 1.54) is 5.56 Å². The summed E-state index contributed by atoms with van der Waals surface area (Å²) in [4.78, 5) is 8.22. The number of hydrogen-bond acceptors (Lipinski definition) is 4. The smallest absolute Gasteiger partial charge is 0.227 e. The summed E-state index contributed by atoms with van der Waals surface area (Å²) < 4.78 is 0. The van der Waals surface area contributed by atoms with E-state index in [0.29, 0.717) is 11.6 Å². The Morgan fingerprint density at radius 3 is 2.94 bits per heavy atom. The quantitative estimate of drug-likeness (QED) is 0.822. The first-order chi connectivity index (χ1) is 7.78. The van der Waals surface area contributed by atoms with Crippen LogP contribution in [0.15, 0.2) is 36.5 Å². The molecule has 0 saturated carbocycles. The Morgan fingerprint density at radius 2 is 2.19 bits per heavy atom. The van der Waals surface area contributed by atoms with Gasteiger partial charge in [-0.2, -0.15) is 0 Å². The highest BCUT2D eigenvalue weighted by Gasteiger charge is 1.99. The molecule has 0 bridgehead atoms. The lowest BCUT2D eigenvalue weighted by Crippen LogP contribution is -1.99. The summed E-state index contributed by atoms with van der Waals surface area (Å²) in [6.45, 7) is 1.95. The number of rotatable bonds is 3. The number of anilines is 2. The first-order valence-electron chi connectivity index (χ1n) is 5.04. The number of nitrogens with zero attached hydrogens (tertiary/aromatic N) is 2. The van der Waals surface area contributed by atoms with Crippen LogP contribution in [0.2, 0.25) is 0 Å². The first-order valence-corrected chi connectivity index (χ1v) is 5.04. The van der Waals surface area contributed by atoms with Crippen LogP contribution in [-0.2, 0) is 6.61 Å². The molecule has 0 amide bonds. The monoisotopic (exact) mass is 215 g/mol. The molecule has 1 aromatic carbocycles. The second kappa shape index (κ2) is 4.72. The zero-order valence-electron chi connectivity index (χ0n) is 9.01. The molecule has 2 aromatic rings. The van der Waals surface area contributed by atoms with Crippen LogP contribution in [0.4, 0.5) is 11.6 Å². The van der Waals surface area contributed by atoms with E-state index >= 15 is 0 Å². The van der Waals surface area contributed by atoms with Crippen molar-refractivity contribution in [3.63, 3.8) is 0 Å². The number of aromatic nitrogens is 2. The molecular weight excluding hydrogens is 202 g/mol. The van der Waals surface area contributed by atoms with Crippen molar-refractivity contribution in [3.05, 3.63) is 47.8 Å².